The predicted molar refractivity (Wildman–Crippen MR) is 65.5 cm³/mol. The van der Waals surface area contributed by atoms with Crippen LogP contribution in [0.1, 0.15) is 41.5 Å². The van der Waals surface area contributed by atoms with Gasteiger partial charge in [0.15, 0.2) is 0 Å². The van der Waals surface area contributed by atoms with Crippen LogP contribution in [0.25, 0.3) is 0 Å². The molecule has 1 saturated heterocycles. The first-order chi connectivity index (χ1) is 5.71. The second kappa shape index (κ2) is 3.37. The maximum Gasteiger partial charge on any atom is 0.120 e. The quantitative estimate of drug-likeness (QED) is 0.500. The Morgan fingerprint density at radius 1 is 0.923 bits per heavy atom. The zero-order chi connectivity index (χ0) is 10.3. The van der Waals surface area contributed by atoms with Gasteiger partial charge in [-0.3, -0.25) is 0 Å². The third-order valence-corrected chi connectivity index (χ3v) is 3.88. The number of rotatable bonds is 0. The normalized spacial score (nSPS) is 29.7. The van der Waals surface area contributed by atoms with E-state index >= 15 is 0 Å². The van der Waals surface area contributed by atoms with Crippen molar-refractivity contribution < 1.29 is 0 Å². The topological polar surface area (TPSA) is 0 Å². The van der Waals surface area contributed by atoms with Gasteiger partial charge in [-0.15, -0.1) is 0 Å². The SMILES string of the molecule is CC(C)(C)C1BCC(C(C)(C)C)B1. The highest BCUT2D eigenvalue weighted by Gasteiger charge is 2.39. The molecule has 2 heteroatoms. The third kappa shape index (κ3) is 2.79. The lowest BCUT2D eigenvalue weighted by Crippen LogP contribution is -2.23. The lowest BCUT2D eigenvalue weighted by atomic mass is 9.42. The van der Waals surface area contributed by atoms with Crippen LogP contribution in [0.15, 0.2) is 0 Å². The minimum atomic E-state index is 0.528. The summed E-state index contributed by atoms with van der Waals surface area (Å²) in [7, 11) is 2.90. The highest BCUT2D eigenvalue weighted by atomic mass is 14.3. The van der Waals surface area contributed by atoms with Gasteiger partial charge in [0.2, 0.25) is 0 Å². The van der Waals surface area contributed by atoms with Crippen molar-refractivity contribution in [1.82, 2.24) is 0 Å². The summed E-state index contributed by atoms with van der Waals surface area (Å²) in [5.41, 5.74) is 2.01. The van der Waals surface area contributed by atoms with E-state index in [0.717, 1.165) is 11.5 Å². The van der Waals surface area contributed by atoms with Gasteiger partial charge in [-0.05, 0) is 10.8 Å². The molecule has 13 heavy (non-hydrogen) atoms. The van der Waals surface area contributed by atoms with Crippen LogP contribution in [0.4, 0.5) is 0 Å². The average molecular weight is 178 g/mol. The zero-order valence-electron chi connectivity index (χ0n) is 10.3. The first-order valence-corrected chi connectivity index (χ1v) is 5.71. The van der Waals surface area contributed by atoms with Crippen LogP contribution >= 0.6 is 0 Å². The molecule has 1 heterocycles. The van der Waals surface area contributed by atoms with E-state index in [2.05, 4.69) is 41.5 Å². The largest absolute Gasteiger partial charge is 0.120 e. The Balaban J connectivity index is 2.55. The van der Waals surface area contributed by atoms with E-state index < -0.39 is 0 Å². The highest BCUT2D eigenvalue weighted by molar-refractivity contribution is 6.66. The van der Waals surface area contributed by atoms with Crippen molar-refractivity contribution in [2.75, 3.05) is 0 Å². The Morgan fingerprint density at radius 2 is 1.46 bits per heavy atom. The fraction of sp³-hybridized carbons (Fsp3) is 1.00. The van der Waals surface area contributed by atoms with Gasteiger partial charge in [-0.25, -0.2) is 0 Å². The van der Waals surface area contributed by atoms with E-state index in [9.17, 15) is 0 Å². The van der Waals surface area contributed by atoms with E-state index in [0.29, 0.717) is 10.8 Å². The van der Waals surface area contributed by atoms with Crippen LogP contribution < -0.4 is 0 Å². The van der Waals surface area contributed by atoms with Crippen LogP contribution in [0, 0.1) is 10.8 Å². The second-order valence-corrected chi connectivity index (χ2v) is 6.94. The van der Waals surface area contributed by atoms with Gasteiger partial charge in [0.05, 0.1) is 0 Å². The van der Waals surface area contributed by atoms with Gasteiger partial charge in [0, 0.05) is 0 Å². The molecule has 1 aliphatic rings. The van der Waals surface area contributed by atoms with Crippen LogP contribution in [0.5, 0.6) is 0 Å². The molecule has 0 radical (unpaired) electrons. The average Bonchev–Trinajstić information content (AvgIpc) is 2.28. The molecule has 1 rings (SSSR count). The van der Waals surface area contributed by atoms with Gasteiger partial charge in [0.25, 0.3) is 0 Å². The van der Waals surface area contributed by atoms with Gasteiger partial charge in [-0.2, -0.15) is 0 Å². The number of hydrogen-bond donors (Lipinski definition) is 0. The summed E-state index contributed by atoms with van der Waals surface area (Å²) < 4.78 is 0. The Bertz CT molecular complexity index is 154. The molecule has 0 aromatic rings. The Hall–Kier alpha value is 0.130. The second-order valence-electron chi connectivity index (χ2n) is 6.94. The molecule has 2 atom stereocenters. The van der Waals surface area contributed by atoms with E-state index in [-0.39, 0.29) is 0 Å². The van der Waals surface area contributed by atoms with Crippen LogP contribution in [0.3, 0.4) is 0 Å². The van der Waals surface area contributed by atoms with Gasteiger partial charge < -0.3 is 0 Å². The van der Waals surface area contributed by atoms with Gasteiger partial charge >= 0.3 is 0 Å². The van der Waals surface area contributed by atoms with E-state index in [1.807, 2.05) is 0 Å². The molecule has 0 N–H and O–H groups in total. The lowest BCUT2D eigenvalue weighted by Gasteiger charge is -2.30. The molecule has 0 bridgehead atoms. The molecule has 0 saturated carbocycles. The molecule has 1 aliphatic heterocycles. The van der Waals surface area contributed by atoms with E-state index in [1.54, 1.807) is 0 Å². The Morgan fingerprint density at radius 3 is 1.69 bits per heavy atom. The summed E-state index contributed by atoms with van der Waals surface area (Å²) in [6, 6.07) is 0. The maximum atomic E-state index is 2.39. The minimum absolute atomic E-state index is 0.528. The fourth-order valence-electron chi connectivity index (χ4n) is 2.55. The summed E-state index contributed by atoms with van der Waals surface area (Å²) in [5.74, 6) is 0.955. The van der Waals surface area contributed by atoms with Crippen molar-refractivity contribution >= 4 is 14.6 Å². The van der Waals surface area contributed by atoms with Crippen molar-refractivity contribution in [3.8, 4) is 0 Å². The molecular formula is C11H24B2. The van der Waals surface area contributed by atoms with Crippen LogP contribution in [-0.4, -0.2) is 14.6 Å². The number of hydrogen-bond acceptors (Lipinski definition) is 0. The van der Waals surface area contributed by atoms with Crippen molar-refractivity contribution in [1.29, 1.82) is 0 Å². The van der Waals surface area contributed by atoms with Crippen molar-refractivity contribution in [3.05, 3.63) is 0 Å². The monoisotopic (exact) mass is 178 g/mol. The zero-order valence-corrected chi connectivity index (χ0v) is 10.3. The molecule has 2 unspecified atom stereocenters. The summed E-state index contributed by atoms with van der Waals surface area (Å²) in [5, 5.41) is 0. The predicted octanol–water partition coefficient (Wildman–Crippen LogP) is 2.92. The van der Waals surface area contributed by atoms with Gasteiger partial charge in [-0.1, -0.05) is 59.4 Å². The van der Waals surface area contributed by atoms with Crippen molar-refractivity contribution in [2.24, 2.45) is 10.8 Å². The van der Waals surface area contributed by atoms with Crippen molar-refractivity contribution in [3.63, 3.8) is 0 Å². The molecule has 0 aromatic carbocycles. The molecule has 0 aliphatic carbocycles. The molecule has 74 valence electrons. The molecule has 0 spiro atoms. The summed E-state index contributed by atoms with van der Waals surface area (Å²) >= 11 is 0. The minimum Gasteiger partial charge on any atom is -0.0842 e. The fourth-order valence-corrected chi connectivity index (χ4v) is 2.55. The Labute approximate surface area is 85.4 Å². The van der Waals surface area contributed by atoms with Crippen LogP contribution in [0.2, 0.25) is 17.9 Å². The van der Waals surface area contributed by atoms with Gasteiger partial charge in [0.1, 0.15) is 14.6 Å². The third-order valence-electron chi connectivity index (χ3n) is 3.88. The molecule has 0 aromatic heterocycles. The van der Waals surface area contributed by atoms with Crippen molar-refractivity contribution in [2.45, 2.75) is 59.4 Å². The smallest absolute Gasteiger partial charge is 0.0842 e. The summed E-state index contributed by atoms with van der Waals surface area (Å²) in [6.07, 6.45) is 1.45. The summed E-state index contributed by atoms with van der Waals surface area (Å²) in [6.45, 7) is 14.3. The van der Waals surface area contributed by atoms with Crippen LogP contribution in [-0.2, 0) is 0 Å². The molecule has 1 fully saturated rings. The molecule has 0 amide bonds. The van der Waals surface area contributed by atoms with E-state index in [1.165, 1.54) is 20.9 Å². The Kier molecular flexibility index (Phi) is 2.90. The summed E-state index contributed by atoms with van der Waals surface area (Å²) in [4.78, 5) is 0. The standard InChI is InChI=1S/C11H24B2/c1-10(2,3)8-7-12-9(13-8)11(4,5)6/h8-9,12-13H,7H2,1-6H3. The lowest BCUT2D eigenvalue weighted by molar-refractivity contribution is 0.393. The first kappa shape index (κ1) is 11.2. The first-order valence-electron chi connectivity index (χ1n) is 5.71. The maximum absolute atomic E-state index is 2.39. The molecule has 0 nitrogen and oxygen atoms in total. The highest BCUT2D eigenvalue weighted by Crippen LogP contribution is 2.46. The molecular weight excluding hydrogens is 154 g/mol. The van der Waals surface area contributed by atoms with E-state index in [4.69, 9.17) is 0 Å².